The van der Waals surface area contributed by atoms with Crippen LogP contribution in [0.1, 0.15) is 17.2 Å². The molecule has 0 saturated heterocycles. The van der Waals surface area contributed by atoms with Gasteiger partial charge in [-0.05, 0) is 29.3 Å². The predicted octanol–water partition coefficient (Wildman–Crippen LogP) is 3.20. The third-order valence-corrected chi connectivity index (χ3v) is 4.64. The van der Waals surface area contributed by atoms with E-state index in [1.807, 2.05) is 24.3 Å². The SMILES string of the molecule is CBc1cccc(C2C=C(c3cc(F)ccc3F)CN2C(=O)N(C)C)c1. The Labute approximate surface area is 153 Å². The summed E-state index contributed by atoms with van der Waals surface area (Å²) in [6.45, 7) is 2.30. The zero-order chi connectivity index (χ0) is 18.8. The Balaban J connectivity index is 2.05. The van der Waals surface area contributed by atoms with Gasteiger partial charge in [0, 0.05) is 26.2 Å². The molecule has 2 aromatic rings. The average Bonchev–Trinajstić information content (AvgIpc) is 3.08. The van der Waals surface area contributed by atoms with Crippen LogP contribution in [0.2, 0.25) is 6.82 Å². The fourth-order valence-electron chi connectivity index (χ4n) is 3.25. The Bertz CT molecular complexity index is 867. The van der Waals surface area contributed by atoms with Gasteiger partial charge in [0.15, 0.2) is 7.28 Å². The van der Waals surface area contributed by atoms with E-state index in [1.165, 1.54) is 16.4 Å². The number of rotatable bonds is 3. The van der Waals surface area contributed by atoms with Crippen molar-refractivity contribution in [3.8, 4) is 0 Å². The molecule has 26 heavy (non-hydrogen) atoms. The minimum atomic E-state index is -0.496. The summed E-state index contributed by atoms with van der Waals surface area (Å²) < 4.78 is 27.9. The lowest BCUT2D eigenvalue weighted by atomic mass is 9.72. The zero-order valence-corrected chi connectivity index (χ0v) is 15.2. The van der Waals surface area contributed by atoms with Gasteiger partial charge < -0.3 is 9.80 Å². The molecule has 0 radical (unpaired) electrons. The molecule has 0 bridgehead atoms. The summed E-state index contributed by atoms with van der Waals surface area (Å²) in [6, 6.07) is 10.9. The van der Waals surface area contributed by atoms with Crippen LogP contribution < -0.4 is 5.46 Å². The minimum absolute atomic E-state index is 0.167. The van der Waals surface area contributed by atoms with E-state index >= 15 is 0 Å². The highest BCUT2D eigenvalue weighted by Crippen LogP contribution is 2.35. The lowest BCUT2D eigenvalue weighted by Crippen LogP contribution is -2.39. The largest absolute Gasteiger partial charge is 0.331 e. The molecule has 1 aliphatic rings. The number of hydrogen-bond acceptors (Lipinski definition) is 1. The van der Waals surface area contributed by atoms with E-state index in [0.717, 1.165) is 25.0 Å². The van der Waals surface area contributed by atoms with Gasteiger partial charge in [-0.15, -0.1) is 0 Å². The van der Waals surface area contributed by atoms with Crippen LogP contribution in [0.15, 0.2) is 48.5 Å². The quantitative estimate of drug-likeness (QED) is 0.777. The summed E-state index contributed by atoms with van der Waals surface area (Å²) in [6.07, 6.45) is 1.86. The van der Waals surface area contributed by atoms with Gasteiger partial charge in [-0.3, -0.25) is 0 Å². The molecule has 0 aliphatic carbocycles. The van der Waals surface area contributed by atoms with Crippen LogP contribution in [-0.2, 0) is 0 Å². The molecule has 1 heterocycles. The second-order valence-electron chi connectivity index (χ2n) is 6.66. The highest BCUT2D eigenvalue weighted by atomic mass is 19.1. The van der Waals surface area contributed by atoms with Crippen molar-refractivity contribution in [3.05, 3.63) is 71.3 Å². The molecule has 2 aromatic carbocycles. The third-order valence-electron chi connectivity index (χ3n) is 4.64. The normalized spacial score (nSPS) is 16.4. The van der Waals surface area contributed by atoms with Crippen LogP contribution in [0, 0.1) is 11.6 Å². The fourth-order valence-corrected chi connectivity index (χ4v) is 3.25. The molecule has 1 atom stereocenters. The predicted molar refractivity (Wildman–Crippen MR) is 102 cm³/mol. The van der Waals surface area contributed by atoms with Crippen molar-refractivity contribution >= 4 is 24.3 Å². The van der Waals surface area contributed by atoms with E-state index in [-0.39, 0.29) is 24.2 Å². The number of nitrogens with zero attached hydrogens (tertiary/aromatic N) is 2. The van der Waals surface area contributed by atoms with Gasteiger partial charge in [0.1, 0.15) is 11.6 Å². The summed E-state index contributed by atoms with van der Waals surface area (Å²) in [5.41, 5.74) is 2.95. The van der Waals surface area contributed by atoms with Crippen LogP contribution in [0.5, 0.6) is 0 Å². The first-order valence-corrected chi connectivity index (χ1v) is 8.63. The van der Waals surface area contributed by atoms with Crippen molar-refractivity contribution in [2.75, 3.05) is 20.6 Å². The van der Waals surface area contributed by atoms with Crippen molar-refractivity contribution in [2.24, 2.45) is 0 Å². The second-order valence-corrected chi connectivity index (χ2v) is 6.66. The molecule has 0 aromatic heterocycles. The Morgan fingerprint density at radius 1 is 1.19 bits per heavy atom. The molecule has 0 saturated carbocycles. The van der Waals surface area contributed by atoms with Crippen LogP contribution in [0.25, 0.3) is 5.57 Å². The van der Waals surface area contributed by atoms with Crippen LogP contribution in [0.3, 0.4) is 0 Å². The van der Waals surface area contributed by atoms with Gasteiger partial charge in [-0.25, -0.2) is 13.6 Å². The number of carbonyl (C=O) groups excluding carboxylic acids is 1. The number of carbonyl (C=O) groups is 1. The molecule has 3 nitrogen and oxygen atoms in total. The first kappa shape index (κ1) is 18.2. The summed E-state index contributed by atoms with van der Waals surface area (Å²) in [5.74, 6) is -0.984. The Hall–Kier alpha value is -2.63. The standard InChI is InChI=1S/C20H21BF2N2O/c1-21-15-6-4-5-13(9-15)19-10-14(12-25(19)20(26)24(2)3)17-11-16(22)7-8-18(17)23/h4-11,19,21H,12H2,1-3H3. The van der Waals surface area contributed by atoms with E-state index in [2.05, 4.69) is 12.9 Å². The van der Waals surface area contributed by atoms with Crippen LogP contribution in [-0.4, -0.2) is 43.8 Å². The number of urea groups is 1. The van der Waals surface area contributed by atoms with E-state index in [4.69, 9.17) is 0 Å². The Kier molecular flexibility index (Phi) is 5.12. The molecule has 134 valence electrons. The van der Waals surface area contributed by atoms with Crippen molar-refractivity contribution in [2.45, 2.75) is 12.9 Å². The summed E-state index contributed by atoms with van der Waals surface area (Å²) >= 11 is 0. The monoisotopic (exact) mass is 354 g/mol. The molecule has 0 fully saturated rings. The Morgan fingerprint density at radius 3 is 2.65 bits per heavy atom. The highest BCUT2D eigenvalue weighted by Gasteiger charge is 2.32. The number of amides is 2. The van der Waals surface area contributed by atoms with Gasteiger partial charge >= 0.3 is 6.03 Å². The third kappa shape index (κ3) is 3.50. The van der Waals surface area contributed by atoms with Gasteiger partial charge in [-0.1, -0.05) is 42.6 Å². The lowest BCUT2D eigenvalue weighted by molar-refractivity contribution is 0.170. The summed E-state index contributed by atoms with van der Waals surface area (Å²) in [4.78, 5) is 15.8. The van der Waals surface area contributed by atoms with E-state index in [9.17, 15) is 13.6 Å². The molecule has 0 spiro atoms. The molecule has 1 aliphatic heterocycles. The zero-order valence-electron chi connectivity index (χ0n) is 15.2. The van der Waals surface area contributed by atoms with Gasteiger partial charge in [-0.2, -0.15) is 0 Å². The van der Waals surface area contributed by atoms with Crippen molar-refractivity contribution in [1.82, 2.24) is 9.80 Å². The maximum atomic E-state index is 14.2. The average molecular weight is 354 g/mol. The van der Waals surface area contributed by atoms with E-state index in [1.54, 1.807) is 19.0 Å². The number of halogens is 2. The maximum absolute atomic E-state index is 14.2. The smallest absolute Gasteiger partial charge is 0.320 e. The molecular weight excluding hydrogens is 333 g/mol. The molecule has 2 amide bonds. The van der Waals surface area contributed by atoms with E-state index in [0.29, 0.717) is 5.57 Å². The van der Waals surface area contributed by atoms with Gasteiger partial charge in [0.25, 0.3) is 0 Å². The molecule has 6 heteroatoms. The lowest BCUT2D eigenvalue weighted by Gasteiger charge is -2.28. The highest BCUT2D eigenvalue weighted by molar-refractivity contribution is 6.51. The second kappa shape index (κ2) is 7.32. The first-order valence-electron chi connectivity index (χ1n) is 8.63. The molecule has 1 unspecified atom stereocenters. The fraction of sp³-hybridized carbons (Fsp3) is 0.250. The van der Waals surface area contributed by atoms with Crippen molar-refractivity contribution in [3.63, 3.8) is 0 Å². The molecular formula is C20H21BF2N2O. The topological polar surface area (TPSA) is 23.6 Å². The summed E-state index contributed by atoms with van der Waals surface area (Å²) in [5, 5.41) is 0. The van der Waals surface area contributed by atoms with Gasteiger partial charge in [0.2, 0.25) is 0 Å². The first-order chi connectivity index (χ1) is 12.4. The van der Waals surface area contributed by atoms with Crippen molar-refractivity contribution < 1.29 is 13.6 Å². The van der Waals surface area contributed by atoms with Crippen LogP contribution >= 0.6 is 0 Å². The van der Waals surface area contributed by atoms with Crippen molar-refractivity contribution in [1.29, 1.82) is 0 Å². The molecule has 3 rings (SSSR count). The maximum Gasteiger partial charge on any atom is 0.320 e. The minimum Gasteiger partial charge on any atom is -0.331 e. The molecule has 0 N–H and O–H groups in total. The number of hydrogen-bond donors (Lipinski definition) is 0. The van der Waals surface area contributed by atoms with Crippen LogP contribution in [0.4, 0.5) is 13.6 Å². The number of benzene rings is 2. The van der Waals surface area contributed by atoms with E-state index < -0.39 is 11.6 Å². The Morgan fingerprint density at radius 2 is 1.96 bits per heavy atom. The summed E-state index contributed by atoms with van der Waals surface area (Å²) in [7, 11) is 4.25. The van der Waals surface area contributed by atoms with Gasteiger partial charge in [0.05, 0.1) is 6.04 Å².